The summed E-state index contributed by atoms with van der Waals surface area (Å²) in [7, 11) is 1.68. The number of ether oxygens (including phenoxy) is 1. The normalized spacial score (nSPS) is 18.3. The number of rotatable bonds is 7. The van der Waals surface area contributed by atoms with Crippen LogP contribution in [0.1, 0.15) is 49.5 Å². The lowest BCUT2D eigenvalue weighted by Crippen LogP contribution is -2.43. The SMILES string of the molecule is CCC1CCCCN1C(=O)c1ccnc(NCCCOC)n1. The molecule has 0 saturated carbocycles. The molecule has 2 heterocycles. The molecule has 1 aliphatic heterocycles. The molecule has 6 nitrogen and oxygen atoms in total. The van der Waals surface area contributed by atoms with E-state index in [1.807, 2.05) is 4.90 Å². The maximum Gasteiger partial charge on any atom is 0.272 e. The fourth-order valence-electron chi connectivity index (χ4n) is 2.82. The van der Waals surface area contributed by atoms with Gasteiger partial charge >= 0.3 is 0 Å². The molecule has 1 saturated heterocycles. The summed E-state index contributed by atoms with van der Waals surface area (Å²) in [5.74, 6) is 0.529. The van der Waals surface area contributed by atoms with Gasteiger partial charge in [0.15, 0.2) is 0 Å². The number of likely N-dealkylation sites (tertiary alicyclic amines) is 1. The van der Waals surface area contributed by atoms with Crippen molar-refractivity contribution in [3.05, 3.63) is 18.0 Å². The Hall–Kier alpha value is -1.69. The smallest absolute Gasteiger partial charge is 0.272 e. The van der Waals surface area contributed by atoms with Gasteiger partial charge in [0.05, 0.1) is 0 Å². The minimum atomic E-state index is 0.0221. The number of methoxy groups -OCH3 is 1. The summed E-state index contributed by atoms with van der Waals surface area (Å²) in [4.78, 5) is 23.2. The van der Waals surface area contributed by atoms with Crippen molar-refractivity contribution in [2.45, 2.75) is 45.1 Å². The molecule has 0 bridgehead atoms. The summed E-state index contributed by atoms with van der Waals surface area (Å²) in [6.45, 7) is 4.39. The predicted molar refractivity (Wildman–Crippen MR) is 86.0 cm³/mol. The number of piperidine rings is 1. The second-order valence-electron chi connectivity index (χ2n) is 5.60. The van der Waals surface area contributed by atoms with Crippen LogP contribution in [0.2, 0.25) is 0 Å². The summed E-state index contributed by atoms with van der Waals surface area (Å²) < 4.78 is 5.00. The zero-order valence-electron chi connectivity index (χ0n) is 13.5. The zero-order chi connectivity index (χ0) is 15.8. The molecule has 0 aromatic carbocycles. The van der Waals surface area contributed by atoms with E-state index in [-0.39, 0.29) is 5.91 Å². The maximum atomic E-state index is 12.7. The Morgan fingerprint density at radius 3 is 3.14 bits per heavy atom. The van der Waals surface area contributed by atoms with Crippen LogP contribution in [0.4, 0.5) is 5.95 Å². The lowest BCUT2D eigenvalue weighted by molar-refractivity contribution is 0.0602. The number of anilines is 1. The lowest BCUT2D eigenvalue weighted by atomic mass is 9.99. The van der Waals surface area contributed by atoms with Crippen molar-refractivity contribution in [3.63, 3.8) is 0 Å². The Morgan fingerprint density at radius 2 is 2.36 bits per heavy atom. The molecule has 1 aliphatic rings. The number of carbonyl (C=O) groups excluding carboxylic acids is 1. The van der Waals surface area contributed by atoms with Crippen molar-refractivity contribution < 1.29 is 9.53 Å². The van der Waals surface area contributed by atoms with Gasteiger partial charge in [-0.3, -0.25) is 4.79 Å². The molecule has 1 atom stereocenters. The maximum absolute atomic E-state index is 12.7. The van der Waals surface area contributed by atoms with Gasteiger partial charge in [-0.05, 0) is 38.2 Å². The molecule has 1 unspecified atom stereocenters. The average molecular weight is 306 g/mol. The summed E-state index contributed by atoms with van der Waals surface area (Å²) in [5.41, 5.74) is 0.476. The quantitative estimate of drug-likeness (QED) is 0.783. The standard InChI is InChI=1S/C16H26N4O2/c1-3-13-7-4-5-11-20(13)15(21)14-8-10-18-16(19-14)17-9-6-12-22-2/h8,10,13H,3-7,9,11-12H2,1-2H3,(H,17,18,19). The van der Waals surface area contributed by atoms with Crippen molar-refractivity contribution >= 4 is 11.9 Å². The van der Waals surface area contributed by atoms with Gasteiger partial charge in [0.25, 0.3) is 5.91 Å². The topological polar surface area (TPSA) is 67.4 Å². The summed E-state index contributed by atoms with van der Waals surface area (Å²) in [5, 5.41) is 3.13. The van der Waals surface area contributed by atoms with E-state index >= 15 is 0 Å². The molecule has 1 amide bonds. The first-order chi connectivity index (χ1) is 10.8. The van der Waals surface area contributed by atoms with Crippen LogP contribution in [0.15, 0.2) is 12.3 Å². The molecule has 1 aromatic heterocycles. The van der Waals surface area contributed by atoms with E-state index in [0.717, 1.165) is 38.8 Å². The van der Waals surface area contributed by atoms with E-state index in [2.05, 4.69) is 22.2 Å². The summed E-state index contributed by atoms with van der Waals surface area (Å²) in [6, 6.07) is 2.04. The lowest BCUT2D eigenvalue weighted by Gasteiger charge is -2.35. The second kappa shape index (κ2) is 8.68. The van der Waals surface area contributed by atoms with Gasteiger partial charge in [0, 0.05) is 39.0 Å². The third-order valence-corrected chi connectivity index (χ3v) is 4.04. The molecule has 6 heteroatoms. The highest BCUT2D eigenvalue weighted by atomic mass is 16.5. The zero-order valence-corrected chi connectivity index (χ0v) is 13.5. The van der Waals surface area contributed by atoms with Crippen LogP contribution in [0.25, 0.3) is 0 Å². The highest BCUT2D eigenvalue weighted by Gasteiger charge is 2.27. The number of amides is 1. The number of nitrogens with one attached hydrogen (secondary N) is 1. The van der Waals surface area contributed by atoms with Gasteiger partial charge < -0.3 is 15.0 Å². The Bertz CT molecular complexity index is 481. The van der Waals surface area contributed by atoms with Crippen LogP contribution in [0, 0.1) is 0 Å². The fourth-order valence-corrected chi connectivity index (χ4v) is 2.82. The number of hydrogen-bond donors (Lipinski definition) is 1. The molecule has 2 rings (SSSR count). The van der Waals surface area contributed by atoms with Gasteiger partial charge in [-0.2, -0.15) is 0 Å². The van der Waals surface area contributed by atoms with Crippen LogP contribution in [0.3, 0.4) is 0 Å². The molecular weight excluding hydrogens is 280 g/mol. The van der Waals surface area contributed by atoms with Crippen molar-refractivity contribution in [1.82, 2.24) is 14.9 Å². The van der Waals surface area contributed by atoms with Crippen LogP contribution >= 0.6 is 0 Å². The third kappa shape index (κ3) is 4.40. The molecule has 1 aromatic rings. The largest absolute Gasteiger partial charge is 0.385 e. The summed E-state index contributed by atoms with van der Waals surface area (Å²) >= 11 is 0. The first kappa shape index (κ1) is 16.7. The van der Waals surface area contributed by atoms with Gasteiger partial charge in [-0.1, -0.05) is 6.92 Å². The average Bonchev–Trinajstić information content (AvgIpc) is 2.58. The number of aromatic nitrogens is 2. The Balaban J connectivity index is 1.99. The molecule has 1 N–H and O–H groups in total. The number of nitrogens with zero attached hydrogens (tertiary/aromatic N) is 3. The van der Waals surface area contributed by atoms with Crippen LogP contribution < -0.4 is 5.32 Å². The predicted octanol–water partition coefficient (Wildman–Crippen LogP) is 2.33. The molecule has 1 fully saturated rings. The Kier molecular flexibility index (Phi) is 6.58. The third-order valence-electron chi connectivity index (χ3n) is 4.04. The molecule has 0 radical (unpaired) electrons. The molecular formula is C16H26N4O2. The van der Waals surface area contributed by atoms with E-state index in [0.29, 0.717) is 24.3 Å². The molecule has 122 valence electrons. The first-order valence-corrected chi connectivity index (χ1v) is 8.13. The van der Waals surface area contributed by atoms with E-state index in [1.54, 1.807) is 19.4 Å². The van der Waals surface area contributed by atoms with Crippen molar-refractivity contribution in [3.8, 4) is 0 Å². The second-order valence-corrected chi connectivity index (χ2v) is 5.60. The van der Waals surface area contributed by atoms with Crippen molar-refractivity contribution in [2.24, 2.45) is 0 Å². The molecule has 22 heavy (non-hydrogen) atoms. The van der Waals surface area contributed by atoms with E-state index < -0.39 is 0 Å². The van der Waals surface area contributed by atoms with Gasteiger partial charge in [0.1, 0.15) is 5.69 Å². The van der Waals surface area contributed by atoms with E-state index in [1.165, 1.54) is 6.42 Å². The highest BCUT2D eigenvalue weighted by molar-refractivity contribution is 5.92. The van der Waals surface area contributed by atoms with E-state index in [9.17, 15) is 4.79 Å². The van der Waals surface area contributed by atoms with Gasteiger partial charge in [0.2, 0.25) is 5.95 Å². The monoisotopic (exact) mass is 306 g/mol. The van der Waals surface area contributed by atoms with E-state index in [4.69, 9.17) is 4.74 Å². The Morgan fingerprint density at radius 1 is 1.50 bits per heavy atom. The summed E-state index contributed by atoms with van der Waals surface area (Å²) in [6.07, 6.45) is 6.90. The van der Waals surface area contributed by atoms with Crippen molar-refractivity contribution in [1.29, 1.82) is 0 Å². The van der Waals surface area contributed by atoms with Crippen LogP contribution in [-0.4, -0.2) is 53.6 Å². The number of hydrogen-bond acceptors (Lipinski definition) is 5. The van der Waals surface area contributed by atoms with Crippen LogP contribution in [-0.2, 0) is 4.74 Å². The van der Waals surface area contributed by atoms with Gasteiger partial charge in [-0.15, -0.1) is 0 Å². The molecule has 0 spiro atoms. The first-order valence-electron chi connectivity index (χ1n) is 8.13. The highest BCUT2D eigenvalue weighted by Crippen LogP contribution is 2.21. The number of carbonyl (C=O) groups is 1. The van der Waals surface area contributed by atoms with Crippen molar-refractivity contribution in [2.75, 3.05) is 32.1 Å². The Labute approximate surface area is 132 Å². The molecule has 0 aliphatic carbocycles. The van der Waals surface area contributed by atoms with Gasteiger partial charge in [-0.25, -0.2) is 9.97 Å². The fraction of sp³-hybridized carbons (Fsp3) is 0.688. The minimum absolute atomic E-state index is 0.0221. The minimum Gasteiger partial charge on any atom is -0.385 e. The van der Waals surface area contributed by atoms with Crippen LogP contribution in [0.5, 0.6) is 0 Å².